The van der Waals surface area contributed by atoms with Crippen LogP contribution >= 0.6 is 11.8 Å². The summed E-state index contributed by atoms with van der Waals surface area (Å²) in [7, 11) is 0. The number of benzene rings is 1. The van der Waals surface area contributed by atoms with Crippen molar-refractivity contribution in [2.75, 3.05) is 0 Å². The van der Waals surface area contributed by atoms with Crippen LogP contribution in [0.4, 0.5) is 4.39 Å². The second-order valence-electron chi connectivity index (χ2n) is 4.86. The molecule has 112 valence electrons. The number of hydrogen-bond donors (Lipinski definition) is 2. The average Bonchev–Trinajstić information content (AvgIpc) is 2.43. The SMILES string of the molecule is CCC(N)C(Sc1nc(C)cc(=O)[nH]1)c1cccc(F)c1. The van der Waals surface area contributed by atoms with E-state index >= 15 is 0 Å². The van der Waals surface area contributed by atoms with Crippen LogP contribution in [0.15, 0.2) is 40.3 Å². The number of H-pyrrole nitrogens is 1. The van der Waals surface area contributed by atoms with Gasteiger partial charge in [0.1, 0.15) is 5.82 Å². The zero-order chi connectivity index (χ0) is 15.4. The minimum Gasteiger partial charge on any atom is -0.326 e. The zero-order valence-corrected chi connectivity index (χ0v) is 12.8. The maximum Gasteiger partial charge on any atom is 0.251 e. The van der Waals surface area contributed by atoms with E-state index in [-0.39, 0.29) is 22.7 Å². The van der Waals surface area contributed by atoms with Gasteiger partial charge in [-0.2, -0.15) is 0 Å². The van der Waals surface area contributed by atoms with E-state index in [1.54, 1.807) is 13.0 Å². The Kier molecular flexibility index (Phi) is 5.14. The van der Waals surface area contributed by atoms with Crippen molar-refractivity contribution >= 4 is 11.8 Å². The number of nitrogens with one attached hydrogen (secondary N) is 1. The number of halogens is 1. The number of thioether (sulfide) groups is 1. The third-order valence-electron chi connectivity index (χ3n) is 3.12. The van der Waals surface area contributed by atoms with Gasteiger partial charge in [0.25, 0.3) is 5.56 Å². The van der Waals surface area contributed by atoms with Gasteiger partial charge < -0.3 is 10.7 Å². The molecule has 0 saturated carbocycles. The number of aryl methyl sites for hydroxylation is 1. The second-order valence-corrected chi connectivity index (χ2v) is 5.99. The highest BCUT2D eigenvalue weighted by Gasteiger charge is 2.21. The van der Waals surface area contributed by atoms with Gasteiger partial charge in [0.15, 0.2) is 5.16 Å². The molecule has 0 spiro atoms. The maximum atomic E-state index is 13.4. The van der Waals surface area contributed by atoms with Gasteiger partial charge >= 0.3 is 0 Å². The van der Waals surface area contributed by atoms with Crippen LogP contribution in [0, 0.1) is 12.7 Å². The summed E-state index contributed by atoms with van der Waals surface area (Å²) in [5, 5.41) is 0.328. The van der Waals surface area contributed by atoms with Crippen molar-refractivity contribution in [1.82, 2.24) is 9.97 Å². The molecule has 2 unspecified atom stereocenters. The molecule has 2 rings (SSSR count). The molecule has 2 atom stereocenters. The molecule has 0 aliphatic heterocycles. The van der Waals surface area contributed by atoms with Gasteiger partial charge in [-0.25, -0.2) is 9.37 Å². The molecule has 0 bridgehead atoms. The molecule has 4 nitrogen and oxygen atoms in total. The molecule has 0 radical (unpaired) electrons. The molecular weight excluding hydrogens is 289 g/mol. The third kappa shape index (κ3) is 4.15. The zero-order valence-electron chi connectivity index (χ0n) is 12.0. The molecule has 0 aliphatic rings. The lowest BCUT2D eigenvalue weighted by Gasteiger charge is -2.22. The van der Waals surface area contributed by atoms with Crippen molar-refractivity contribution in [1.29, 1.82) is 0 Å². The molecule has 0 fully saturated rings. The minimum atomic E-state index is -0.299. The van der Waals surface area contributed by atoms with Gasteiger partial charge in [-0.1, -0.05) is 30.8 Å². The Morgan fingerprint density at radius 2 is 2.19 bits per heavy atom. The van der Waals surface area contributed by atoms with Gasteiger partial charge in [0.2, 0.25) is 0 Å². The van der Waals surface area contributed by atoms with E-state index in [9.17, 15) is 9.18 Å². The molecule has 3 N–H and O–H groups in total. The predicted molar refractivity (Wildman–Crippen MR) is 82.9 cm³/mol. The number of nitrogens with zero attached hydrogens (tertiary/aromatic N) is 1. The Morgan fingerprint density at radius 1 is 1.43 bits per heavy atom. The first kappa shape index (κ1) is 15.7. The summed E-state index contributed by atoms with van der Waals surface area (Å²) < 4.78 is 13.4. The topological polar surface area (TPSA) is 71.8 Å². The van der Waals surface area contributed by atoms with Gasteiger partial charge in [-0.15, -0.1) is 0 Å². The summed E-state index contributed by atoms with van der Waals surface area (Å²) in [5.74, 6) is -0.299. The fourth-order valence-electron chi connectivity index (χ4n) is 2.03. The van der Waals surface area contributed by atoms with Gasteiger partial charge in [0, 0.05) is 17.8 Å². The average molecular weight is 307 g/mol. The van der Waals surface area contributed by atoms with Crippen molar-refractivity contribution in [2.24, 2.45) is 5.73 Å². The lowest BCUT2D eigenvalue weighted by atomic mass is 10.0. The molecule has 1 aromatic carbocycles. The number of rotatable bonds is 5. The first-order valence-corrected chi connectivity index (χ1v) is 7.63. The molecule has 0 aliphatic carbocycles. The molecule has 1 heterocycles. The maximum absolute atomic E-state index is 13.4. The summed E-state index contributed by atoms with van der Waals surface area (Å²) in [5.41, 5.74) is 7.39. The van der Waals surface area contributed by atoms with Crippen molar-refractivity contribution < 1.29 is 4.39 Å². The van der Waals surface area contributed by atoms with Crippen LogP contribution in [-0.4, -0.2) is 16.0 Å². The van der Waals surface area contributed by atoms with Crippen LogP contribution in [0.2, 0.25) is 0 Å². The number of hydrogen-bond acceptors (Lipinski definition) is 4. The Balaban J connectivity index is 2.35. The lowest BCUT2D eigenvalue weighted by molar-refractivity contribution is 0.609. The summed E-state index contributed by atoms with van der Waals surface area (Å²) in [4.78, 5) is 18.5. The van der Waals surface area contributed by atoms with Crippen LogP contribution in [-0.2, 0) is 0 Å². The normalized spacial score (nSPS) is 13.9. The van der Waals surface area contributed by atoms with Crippen LogP contribution < -0.4 is 11.3 Å². The first-order valence-electron chi connectivity index (χ1n) is 6.75. The van der Waals surface area contributed by atoms with E-state index in [0.717, 1.165) is 12.0 Å². The van der Waals surface area contributed by atoms with Crippen LogP contribution in [0.25, 0.3) is 0 Å². The Labute approximate surface area is 127 Å². The van der Waals surface area contributed by atoms with Crippen molar-refractivity contribution in [3.8, 4) is 0 Å². The number of aromatic nitrogens is 2. The standard InChI is InChI=1S/C15H18FN3OS/c1-3-12(17)14(10-5-4-6-11(16)8-10)21-15-18-9(2)7-13(20)19-15/h4-8,12,14H,3,17H2,1-2H3,(H,18,19,20). The summed E-state index contributed by atoms with van der Waals surface area (Å²) in [6.07, 6.45) is 0.740. The van der Waals surface area contributed by atoms with Gasteiger partial charge in [-0.05, 0) is 31.0 Å². The lowest BCUT2D eigenvalue weighted by Crippen LogP contribution is -2.26. The van der Waals surface area contributed by atoms with Crippen LogP contribution in [0.5, 0.6) is 0 Å². The second kappa shape index (κ2) is 6.87. The van der Waals surface area contributed by atoms with Crippen molar-refractivity contribution in [3.05, 3.63) is 57.8 Å². The smallest absolute Gasteiger partial charge is 0.251 e. The fraction of sp³-hybridized carbons (Fsp3) is 0.333. The van der Waals surface area contributed by atoms with E-state index in [1.165, 1.54) is 30.0 Å². The quantitative estimate of drug-likeness (QED) is 0.658. The number of nitrogens with two attached hydrogens (primary N) is 1. The third-order valence-corrected chi connectivity index (χ3v) is 4.42. The van der Waals surface area contributed by atoms with E-state index in [4.69, 9.17) is 5.73 Å². The summed E-state index contributed by atoms with van der Waals surface area (Å²) in [6, 6.07) is 7.64. The fourth-order valence-corrected chi connectivity index (χ4v) is 3.27. The number of aromatic amines is 1. The molecule has 2 aromatic rings. The van der Waals surface area contributed by atoms with Crippen LogP contribution in [0.3, 0.4) is 0 Å². The highest BCUT2D eigenvalue weighted by molar-refractivity contribution is 7.99. The Morgan fingerprint density at radius 3 is 2.81 bits per heavy atom. The molecule has 1 aromatic heterocycles. The summed E-state index contributed by atoms with van der Waals surface area (Å²) >= 11 is 1.35. The molecule has 0 saturated heterocycles. The van der Waals surface area contributed by atoms with Gasteiger partial charge in [-0.3, -0.25) is 4.79 Å². The highest BCUT2D eigenvalue weighted by atomic mass is 32.2. The monoisotopic (exact) mass is 307 g/mol. The Bertz CT molecular complexity index is 674. The molecule has 0 amide bonds. The van der Waals surface area contributed by atoms with E-state index < -0.39 is 0 Å². The van der Waals surface area contributed by atoms with E-state index in [0.29, 0.717) is 10.9 Å². The molecule has 21 heavy (non-hydrogen) atoms. The largest absolute Gasteiger partial charge is 0.326 e. The molecular formula is C15H18FN3OS. The van der Waals surface area contributed by atoms with Crippen LogP contribution in [0.1, 0.15) is 29.9 Å². The van der Waals surface area contributed by atoms with E-state index in [2.05, 4.69) is 9.97 Å². The van der Waals surface area contributed by atoms with Crippen molar-refractivity contribution in [3.63, 3.8) is 0 Å². The first-order chi connectivity index (χ1) is 9.99. The molecule has 6 heteroatoms. The van der Waals surface area contributed by atoms with Gasteiger partial charge in [0.05, 0.1) is 5.25 Å². The minimum absolute atomic E-state index is 0.164. The van der Waals surface area contributed by atoms with Crippen molar-refractivity contribution in [2.45, 2.75) is 36.7 Å². The highest BCUT2D eigenvalue weighted by Crippen LogP contribution is 2.36. The Hall–Kier alpha value is -1.66. The predicted octanol–water partition coefficient (Wildman–Crippen LogP) is 2.79. The summed E-state index contributed by atoms with van der Waals surface area (Å²) in [6.45, 7) is 3.74. The van der Waals surface area contributed by atoms with E-state index in [1.807, 2.05) is 13.0 Å².